The summed E-state index contributed by atoms with van der Waals surface area (Å²) in [5.41, 5.74) is -1.22. The summed E-state index contributed by atoms with van der Waals surface area (Å²) < 4.78 is 5.01. The van der Waals surface area contributed by atoms with Crippen LogP contribution in [0, 0.1) is 5.41 Å². The number of imide groups is 1. The SMILES string of the molecule is CCOCNC(=O)NC(=O)C1(C(=O)NC2CCCCC2)CC=CC1. The summed E-state index contributed by atoms with van der Waals surface area (Å²) in [6, 6.07) is -0.520. The number of amides is 4. The minimum Gasteiger partial charge on any atom is -0.361 e. The van der Waals surface area contributed by atoms with Crippen molar-refractivity contribution in [3.63, 3.8) is 0 Å². The molecule has 134 valence electrons. The van der Waals surface area contributed by atoms with Crippen LogP contribution in [0.15, 0.2) is 12.2 Å². The van der Waals surface area contributed by atoms with Crippen molar-refractivity contribution < 1.29 is 19.1 Å². The summed E-state index contributed by atoms with van der Waals surface area (Å²) in [5.74, 6) is -0.843. The van der Waals surface area contributed by atoms with E-state index in [0.717, 1.165) is 25.7 Å². The zero-order valence-electron chi connectivity index (χ0n) is 14.2. The number of nitrogens with one attached hydrogen (secondary N) is 3. The van der Waals surface area contributed by atoms with Crippen molar-refractivity contribution in [3.8, 4) is 0 Å². The molecule has 7 nitrogen and oxygen atoms in total. The van der Waals surface area contributed by atoms with Gasteiger partial charge in [0.05, 0.1) is 0 Å². The molecule has 24 heavy (non-hydrogen) atoms. The zero-order chi connectivity index (χ0) is 17.4. The smallest absolute Gasteiger partial charge is 0.323 e. The molecule has 0 heterocycles. The summed E-state index contributed by atoms with van der Waals surface area (Å²) in [7, 11) is 0. The van der Waals surface area contributed by atoms with Gasteiger partial charge >= 0.3 is 6.03 Å². The first-order valence-corrected chi connectivity index (χ1v) is 8.71. The second kappa shape index (κ2) is 8.82. The van der Waals surface area contributed by atoms with E-state index in [-0.39, 0.29) is 18.7 Å². The molecule has 2 aliphatic carbocycles. The van der Waals surface area contributed by atoms with Crippen LogP contribution in [-0.2, 0) is 14.3 Å². The van der Waals surface area contributed by atoms with Crippen molar-refractivity contribution in [2.45, 2.75) is 57.9 Å². The summed E-state index contributed by atoms with van der Waals surface area (Å²) in [6.45, 7) is 2.29. The number of urea groups is 1. The summed E-state index contributed by atoms with van der Waals surface area (Å²) in [6.07, 6.45) is 9.56. The van der Waals surface area contributed by atoms with Crippen LogP contribution in [0.3, 0.4) is 0 Å². The summed E-state index contributed by atoms with van der Waals surface area (Å²) >= 11 is 0. The Balaban J connectivity index is 1.94. The number of ether oxygens (including phenoxy) is 1. The second-order valence-corrected chi connectivity index (χ2v) is 6.37. The lowest BCUT2D eigenvalue weighted by atomic mass is 9.82. The van der Waals surface area contributed by atoms with Crippen LogP contribution in [0.1, 0.15) is 51.9 Å². The van der Waals surface area contributed by atoms with Crippen molar-refractivity contribution >= 4 is 17.8 Å². The first-order valence-electron chi connectivity index (χ1n) is 8.71. The minimum atomic E-state index is -1.22. The number of carbonyl (C=O) groups is 3. The van der Waals surface area contributed by atoms with E-state index in [0.29, 0.717) is 19.4 Å². The molecule has 0 spiro atoms. The molecule has 0 radical (unpaired) electrons. The van der Waals surface area contributed by atoms with Crippen LogP contribution in [0.2, 0.25) is 0 Å². The van der Waals surface area contributed by atoms with Gasteiger partial charge in [-0.05, 0) is 32.6 Å². The second-order valence-electron chi connectivity index (χ2n) is 6.37. The van der Waals surface area contributed by atoms with Crippen molar-refractivity contribution in [3.05, 3.63) is 12.2 Å². The molecule has 4 amide bonds. The molecule has 0 aromatic rings. The van der Waals surface area contributed by atoms with Gasteiger partial charge in [0, 0.05) is 12.6 Å². The van der Waals surface area contributed by atoms with Gasteiger partial charge in [0.1, 0.15) is 12.1 Å². The Bertz CT molecular complexity index is 490. The van der Waals surface area contributed by atoms with Crippen molar-refractivity contribution in [1.82, 2.24) is 16.0 Å². The van der Waals surface area contributed by atoms with Crippen LogP contribution in [0.25, 0.3) is 0 Å². The summed E-state index contributed by atoms with van der Waals surface area (Å²) in [4.78, 5) is 37.1. The van der Waals surface area contributed by atoms with E-state index >= 15 is 0 Å². The van der Waals surface area contributed by atoms with Gasteiger partial charge < -0.3 is 15.4 Å². The predicted octanol–water partition coefficient (Wildman–Crippen LogP) is 1.59. The molecule has 1 fully saturated rings. The Hall–Kier alpha value is -1.89. The Morgan fingerprint density at radius 1 is 1.08 bits per heavy atom. The van der Waals surface area contributed by atoms with E-state index in [9.17, 15) is 14.4 Å². The zero-order valence-corrected chi connectivity index (χ0v) is 14.2. The minimum absolute atomic E-state index is 0.0230. The van der Waals surface area contributed by atoms with Gasteiger partial charge in [-0.15, -0.1) is 0 Å². The van der Waals surface area contributed by atoms with Gasteiger partial charge in [0.2, 0.25) is 11.8 Å². The molecule has 0 aliphatic heterocycles. The average Bonchev–Trinajstić information content (AvgIpc) is 3.07. The number of allylic oxidation sites excluding steroid dienone is 2. The molecule has 0 unspecified atom stereocenters. The average molecular weight is 337 g/mol. The number of hydrogen-bond donors (Lipinski definition) is 3. The van der Waals surface area contributed by atoms with Crippen molar-refractivity contribution in [1.29, 1.82) is 0 Å². The molecule has 2 aliphatic rings. The lowest BCUT2D eigenvalue weighted by Gasteiger charge is -2.30. The van der Waals surface area contributed by atoms with Crippen LogP contribution in [0.4, 0.5) is 4.79 Å². The van der Waals surface area contributed by atoms with E-state index in [4.69, 9.17) is 4.74 Å². The molecule has 0 atom stereocenters. The molecule has 2 rings (SSSR count). The largest absolute Gasteiger partial charge is 0.361 e. The first kappa shape index (κ1) is 18.4. The highest BCUT2D eigenvalue weighted by Gasteiger charge is 2.47. The van der Waals surface area contributed by atoms with Gasteiger partial charge in [-0.2, -0.15) is 0 Å². The Labute approximate surface area is 142 Å². The molecule has 0 aromatic heterocycles. The van der Waals surface area contributed by atoms with Gasteiger partial charge in [-0.3, -0.25) is 14.9 Å². The quantitative estimate of drug-likeness (QED) is 0.297. The molecule has 3 N–H and O–H groups in total. The van der Waals surface area contributed by atoms with Crippen LogP contribution < -0.4 is 16.0 Å². The third-order valence-corrected chi connectivity index (χ3v) is 4.67. The highest BCUT2D eigenvalue weighted by Crippen LogP contribution is 2.34. The fraction of sp³-hybridized carbons (Fsp3) is 0.706. The van der Waals surface area contributed by atoms with E-state index in [1.54, 1.807) is 6.92 Å². The molecule has 7 heteroatoms. The lowest BCUT2D eigenvalue weighted by molar-refractivity contribution is -0.142. The Morgan fingerprint density at radius 2 is 1.75 bits per heavy atom. The normalized spacial score (nSPS) is 19.7. The van der Waals surface area contributed by atoms with Crippen LogP contribution in [-0.4, -0.2) is 37.2 Å². The Morgan fingerprint density at radius 3 is 2.38 bits per heavy atom. The molecule has 0 aromatic carbocycles. The lowest BCUT2D eigenvalue weighted by Crippen LogP contribution is -2.55. The fourth-order valence-corrected chi connectivity index (χ4v) is 3.18. The van der Waals surface area contributed by atoms with E-state index < -0.39 is 17.4 Å². The molecule has 0 saturated heterocycles. The predicted molar refractivity (Wildman–Crippen MR) is 89.0 cm³/mol. The standard InChI is InChI=1S/C17H27N3O4/c1-2-24-12-18-16(23)20-15(22)17(10-6-7-11-17)14(21)19-13-8-4-3-5-9-13/h6-7,13H,2-5,8-12H2,1H3,(H,19,21)(H2,18,20,22,23). The van der Waals surface area contributed by atoms with Gasteiger partial charge in [0.15, 0.2) is 0 Å². The fourth-order valence-electron chi connectivity index (χ4n) is 3.18. The van der Waals surface area contributed by atoms with Crippen LogP contribution in [0.5, 0.6) is 0 Å². The maximum atomic E-state index is 12.8. The highest BCUT2D eigenvalue weighted by atomic mass is 16.5. The number of hydrogen-bond acceptors (Lipinski definition) is 4. The third kappa shape index (κ3) is 4.56. The van der Waals surface area contributed by atoms with Gasteiger partial charge in [-0.25, -0.2) is 4.79 Å². The van der Waals surface area contributed by atoms with Gasteiger partial charge in [0.25, 0.3) is 0 Å². The Kier molecular flexibility index (Phi) is 6.78. The molecule has 0 bridgehead atoms. The van der Waals surface area contributed by atoms with Crippen molar-refractivity contribution in [2.75, 3.05) is 13.3 Å². The van der Waals surface area contributed by atoms with Crippen molar-refractivity contribution in [2.24, 2.45) is 5.41 Å². The topological polar surface area (TPSA) is 96.5 Å². The third-order valence-electron chi connectivity index (χ3n) is 4.67. The summed E-state index contributed by atoms with van der Waals surface area (Å²) in [5, 5.41) is 7.71. The molecule has 1 saturated carbocycles. The van der Waals surface area contributed by atoms with E-state index in [1.165, 1.54) is 6.42 Å². The van der Waals surface area contributed by atoms with Gasteiger partial charge in [-0.1, -0.05) is 31.4 Å². The number of rotatable bonds is 6. The maximum Gasteiger partial charge on any atom is 0.323 e. The maximum absolute atomic E-state index is 12.8. The first-order chi connectivity index (χ1) is 11.6. The molecular weight excluding hydrogens is 310 g/mol. The highest BCUT2D eigenvalue weighted by molar-refractivity contribution is 6.10. The monoisotopic (exact) mass is 337 g/mol. The van der Waals surface area contributed by atoms with Crippen LogP contribution >= 0.6 is 0 Å². The van der Waals surface area contributed by atoms with E-state index in [1.807, 2.05) is 12.2 Å². The van der Waals surface area contributed by atoms with E-state index in [2.05, 4.69) is 16.0 Å². The number of carbonyl (C=O) groups excluding carboxylic acids is 3. The molecular formula is C17H27N3O4.